The van der Waals surface area contributed by atoms with Crippen molar-refractivity contribution in [2.75, 3.05) is 11.9 Å². The number of benzene rings is 2. The van der Waals surface area contributed by atoms with E-state index >= 15 is 0 Å². The fourth-order valence-corrected chi connectivity index (χ4v) is 3.39. The number of hydrogen-bond acceptors (Lipinski definition) is 4. The third kappa shape index (κ3) is 3.24. The number of hydrogen-bond donors (Lipinski definition) is 3. The SMILES string of the molecule is O=C1CCC(C(=O)Nc2n[nH]c(-c3ccccc3F)n2)(c2ccccc2)CN1. The Morgan fingerprint density at radius 2 is 1.86 bits per heavy atom. The number of amides is 2. The van der Waals surface area contributed by atoms with E-state index in [1.807, 2.05) is 30.3 Å². The Labute approximate surface area is 160 Å². The maximum Gasteiger partial charge on any atom is 0.249 e. The van der Waals surface area contributed by atoms with Crippen LogP contribution in [0.1, 0.15) is 18.4 Å². The fraction of sp³-hybridized carbons (Fsp3) is 0.200. The maximum atomic E-state index is 13.9. The van der Waals surface area contributed by atoms with Crippen LogP contribution >= 0.6 is 0 Å². The van der Waals surface area contributed by atoms with Crippen LogP contribution in [0.5, 0.6) is 0 Å². The van der Waals surface area contributed by atoms with E-state index in [1.165, 1.54) is 6.07 Å². The van der Waals surface area contributed by atoms with Crippen LogP contribution in [0.4, 0.5) is 10.3 Å². The molecule has 4 rings (SSSR count). The Hall–Kier alpha value is -3.55. The van der Waals surface area contributed by atoms with Crippen LogP contribution in [0.3, 0.4) is 0 Å². The Kier molecular flexibility index (Phi) is 4.60. The number of anilines is 1. The topological polar surface area (TPSA) is 99.8 Å². The van der Waals surface area contributed by atoms with Gasteiger partial charge < -0.3 is 5.32 Å². The lowest BCUT2D eigenvalue weighted by atomic mass is 9.73. The molecule has 2 heterocycles. The molecule has 7 nitrogen and oxygen atoms in total. The van der Waals surface area contributed by atoms with Gasteiger partial charge in [0.1, 0.15) is 5.82 Å². The molecular weight excluding hydrogens is 361 g/mol. The number of aromatic amines is 1. The molecule has 142 valence electrons. The van der Waals surface area contributed by atoms with Gasteiger partial charge in [-0.1, -0.05) is 42.5 Å². The lowest BCUT2D eigenvalue weighted by molar-refractivity contribution is -0.127. The fourth-order valence-electron chi connectivity index (χ4n) is 3.39. The standard InChI is InChI=1S/C20H18FN5O2/c21-15-9-5-4-8-14(15)17-23-19(26-25-17)24-18(28)20(11-10-16(27)22-12-20)13-6-2-1-3-7-13/h1-9H,10-12H2,(H,22,27)(H2,23,24,25,26,28). The first-order valence-electron chi connectivity index (χ1n) is 8.89. The number of H-pyrrole nitrogens is 1. The number of carbonyl (C=O) groups excluding carboxylic acids is 2. The molecule has 8 heteroatoms. The average Bonchev–Trinajstić information content (AvgIpc) is 3.18. The molecule has 0 bridgehead atoms. The highest BCUT2D eigenvalue weighted by Crippen LogP contribution is 2.33. The summed E-state index contributed by atoms with van der Waals surface area (Å²) in [6.07, 6.45) is 0.621. The van der Waals surface area contributed by atoms with Gasteiger partial charge in [-0.25, -0.2) is 4.39 Å². The van der Waals surface area contributed by atoms with Gasteiger partial charge in [0.15, 0.2) is 5.82 Å². The zero-order chi connectivity index (χ0) is 19.6. The van der Waals surface area contributed by atoms with Gasteiger partial charge in [-0.3, -0.25) is 20.0 Å². The van der Waals surface area contributed by atoms with Crippen LogP contribution < -0.4 is 10.6 Å². The molecule has 2 aromatic carbocycles. The predicted molar refractivity (Wildman–Crippen MR) is 101 cm³/mol. The predicted octanol–water partition coefficient (Wildman–Crippen LogP) is 2.40. The highest BCUT2D eigenvalue weighted by molar-refractivity contribution is 6.00. The molecule has 1 saturated heterocycles. The Bertz CT molecular complexity index is 1010. The molecule has 28 heavy (non-hydrogen) atoms. The monoisotopic (exact) mass is 379 g/mol. The van der Waals surface area contributed by atoms with E-state index in [9.17, 15) is 14.0 Å². The molecule has 1 aliphatic heterocycles. The summed E-state index contributed by atoms with van der Waals surface area (Å²) < 4.78 is 13.9. The number of aromatic nitrogens is 3. The number of nitrogens with one attached hydrogen (secondary N) is 3. The maximum absolute atomic E-state index is 13.9. The van der Waals surface area contributed by atoms with E-state index in [2.05, 4.69) is 25.8 Å². The highest BCUT2D eigenvalue weighted by Gasteiger charge is 2.43. The molecule has 0 radical (unpaired) electrons. The quantitative estimate of drug-likeness (QED) is 0.648. The van der Waals surface area contributed by atoms with E-state index in [4.69, 9.17) is 0 Å². The van der Waals surface area contributed by atoms with Crippen molar-refractivity contribution in [1.29, 1.82) is 0 Å². The second kappa shape index (κ2) is 7.22. The van der Waals surface area contributed by atoms with Crippen LogP contribution in [0.25, 0.3) is 11.4 Å². The average molecular weight is 379 g/mol. The molecule has 2 amide bonds. The summed E-state index contributed by atoms with van der Waals surface area (Å²) >= 11 is 0. The zero-order valence-corrected chi connectivity index (χ0v) is 14.9. The molecule has 0 saturated carbocycles. The Morgan fingerprint density at radius 1 is 1.11 bits per heavy atom. The van der Waals surface area contributed by atoms with Gasteiger partial charge in [-0.05, 0) is 24.1 Å². The van der Waals surface area contributed by atoms with Crippen LogP contribution in [-0.4, -0.2) is 33.5 Å². The molecule has 0 aliphatic carbocycles. The van der Waals surface area contributed by atoms with Crippen LogP contribution in [0.2, 0.25) is 0 Å². The van der Waals surface area contributed by atoms with E-state index in [0.29, 0.717) is 6.42 Å². The first-order valence-corrected chi connectivity index (χ1v) is 8.89. The van der Waals surface area contributed by atoms with E-state index in [-0.39, 0.29) is 42.1 Å². The zero-order valence-electron chi connectivity index (χ0n) is 14.9. The normalized spacial score (nSPS) is 19.1. The third-order valence-electron chi connectivity index (χ3n) is 4.97. The van der Waals surface area contributed by atoms with Crippen molar-refractivity contribution >= 4 is 17.8 Å². The number of nitrogens with zero attached hydrogens (tertiary/aromatic N) is 2. The molecule has 1 unspecified atom stereocenters. The molecule has 1 fully saturated rings. The highest BCUT2D eigenvalue weighted by atomic mass is 19.1. The van der Waals surface area contributed by atoms with Crippen LogP contribution in [-0.2, 0) is 15.0 Å². The van der Waals surface area contributed by atoms with Crippen molar-refractivity contribution in [2.45, 2.75) is 18.3 Å². The van der Waals surface area contributed by atoms with Gasteiger partial charge >= 0.3 is 0 Å². The van der Waals surface area contributed by atoms with Crippen LogP contribution in [0, 0.1) is 5.82 Å². The van der Waals surface area contributed by atoms with Crippen molar-refractivity contribution in [1.82, 2.24) is 20.5 Å². The lowest BCUT2D eigenvalue weighted by Crippen LogP contribution is -2.53. The first-order chi connectivity index (χ1) is 13.6. The first kappa shape index (κ1) is 17.8. The summed E-state index contributed by atoms with van der Waals surface area (Å²) in [5.74, 6) is -0.571. The summed E-state index contributed by atoms with van der Waals surface area (Å²) in [5, 5.41) is 12.1. The summed E-state index contributed by atoms with van der Waals surface area (Å²) in [7, 11) is 0. The van der Waals surface area contributed by atoms with Gasteiger partial charge in [0.05, 0.1) is 11.0 Å². The van der Waals surface area contributed by atoms with Crippen molar-refractivity contribution in [2.24, 2.45) is 0 Å². The lowest BCUT2D eigenvalue weighted by Gasteiger charge is -2.35. The van der Waals surface area contributed by atoms with Gasteiger partial charge in [-0.2, -0.15) is 4.98 Å². The number of halogens is 1. The molecule has 1 aliphatic rings. The molecule has 0 spiro atoms. The molecule has 3 N–H and O–H groups in total. The third-order valence-corrected chi connectivity index (χ3v) is 4.97. The minimum atomic E-state index is -0.923. The van der Waals surface area contributed by atoms with E-state index < -0.39 is 11.2 Å². The van der Waals surface area contributed by atoms with Gasteiger partial charge in [-0.15, -0.1) is 5.10 Å². The van der Waals surface area contributed by atoms with Gasteiger partial charge in [0, 0.05) is 13.0 Å². The minimum absolute atomic E-state index is 0.0514. The number of piperidine rings is 1. The van der Waals surface area contributed by atoms with Crippen molar-refractivity contribution in [3.8, 4) is 11.4 Å². The molecule has 3 aromatic rings. The second-order valence-corrected chi connectivity index (χ2v) is 6.67. The van der Waals surface area contributed by atoms with Crippen molar-refractivity contribution < 1.29 is 14.0 Å². The smallest absolute Gasteiger partial charge is 0.249 e. The summed E-state index contributed by atoms with van der Waals surface area (Å²) in [4.78, 5) is 29.0. The largest absolute Gasteiger partial charge is 0.355 e. The molecular formula is C20H18FN5O2. The molecule has 1 atom stereocenters. The number of rotatable bonds is 4. The van der Waals surface area contributed by atoms with Crippen molar-refractivity contribution in [3.63, 3.8) is 0 Å². The van der Waals surface area contributed by atoms with Gasteiger partial charge in [0.25, 0.3) is 0 Å². The summed E-state index contributed by atoms with van der Waals surface area (Å²) in [6.45, 7) is 0.187. The number of carbonyl (C=O) groups is 2. The summed E-state index contributed by atoms with van der Waals surface area (Å²) in [6, 6.07) is 15.5. The Morgan fingerprint density at radius 3 is 2.57 bits per heavy atom. The minimum Gasteiger partial charge on any atom is -0.355 e. The Balaban J connectivity index is 1.61. The van der Waals surface area contributed by atoms with Crippen LogP contribution in [0.15, 0.2) is 54.6 Å². The summed E-state index contributed by atoms with van der Waals surface area (Å²) in [5.41, 5.74) is 0.143. The van der Waals surface area contributed by atoms with Gasteiger partial charge in [0.2, 0.25) is 17.8 Å². The second-order valence-electron chi connectivity index (χ2n) is 6.67. The van der Waals surface area contributed by atoms with E-state index in [0.717, 1.165) is 5.56 Å². The van der Waals surface area contributed by atoms with E-state index in [1.54, 1.807) is 18.2 Å². The molecule has 1 aromatic heterocycles. The van der Waals surface area contributed by atoms with Crippen molar-refractivity contribution in [3.05, 3.63) is 66.0 Å².